The van der Waals surface area contributed by atoms with Gasteiger partial charge in [0.15, 0.2) is 0 Å². The topological polar surface area (TPSA) is 6.48 Å². The van der Waals surface area contributed by atoms with Crippen molar-refractivity contribution in [3.8, 4) is 0 Å². The summed E-state index contributed by atoms with van der Waals surface area (Å²) in [5.74, 6) is 0. The van der Waals surface area contributed by atoms with Crippen molar-refractivity contribution in [1.82, 2.24) is 0 Å². The molecule has 264 valence electrons. The highest BCUT2D eigenvalue weighted by Crippen LogP contribution is 2.36. The van der Waals surface area contributed by atoms with Crippen LogP contribution in [0.25, 0.3) is 24.3 Å². The molecular formula is C46H62N2Si2. The van der Waals surface area contributed by atoms with Gasteiger partial charge in [0, 0.05) is 39.6 Å². The molecule has 0 aliphatic carbocycles. The van der Waals surface area contributed by atoms with Crippen molar-refractivity contribution in [2.75, 3.05) is 38.0 Å². The summed E-state index contributed by atoms with van der Waals surface area (Å²) in [5.41, 5.74) is 15.0. The van der Waals surface area contributed by atoms with Gasteiger partial charge < -0.3 is 9.80 Å². The largest absolute Gasteiger partial charge is 0.378 e. The van der Waals surface area contributed by atoms with E-state index in [0.29, 0.717) is 22.2 Å². The molecule has 0 bridgehead atoms. The zero-order valence-electron chi connectivity index (χ0n) is 32.9. The minimum Gasteiger partial charge on any atom is -0.378 e. The highest BCUT2D eigenvalue weighted by atomic mass is 28.3. The van der Waals surface area contributed by atoms with Crippen LogP contribution in [0.5, 0.6) is 0 Å². The van der Waals surface area contributed by atoms with Crippen LogP contribution < -0.4 is 20.2 Å². The van der Waals surface area contributed by atoms with Crippen molar-refractivity contribution >= 4 is 62.2 Å². The zero-order chi connectivity index (χ0) is 36.6. The Morgan fingerprint density at radius 1 is 0.360 bits per heavy atom. The molecule has 2 nitrogen and oxygen atoms in total. The third-order valence-electron chi connectivity index (χ3n) is 11.0. The number of rotatable bonds is 14. The van der Waals surface area contributed by atoms with Gasteiger partial charge in [-0.1, -0.05) is 174 Å². The van der Waals surface area contributed by atoms with Crippen LogP contribution >= 0.6 is 0 Å². The Hall–Kier alpha value is -3.87. The number of hydrogen-bond donors (Lipinski definition) is 0. The third kappa shape index (κ3) is 8.70. The second-order valence-electron chi connectivity index (χ2n) is 15.7. The predicted octanol–water partition coefficient (Wildman–Crippen LogP) is 11.4. The highest BCUT2D eigenvalue weighted by Gasteiger charge is 2.40. The van der Waals surface area contributed by atoms with E-state index in [0.717, 1.165) is 0 Å². The highest BCUT2D eigenvalue weighted by molar-refractivity contribution is 6.98. The minimum atomic E-state index is -1.95. The fourth-order valence-electron chi connectivity index (χ4n) is 7.82. The van der Waals surface area contributed by atoms with Gasteiger partial charge in [-0.15, -0.1) is 0 Å². The number of anilines is 2. The Labute approximate surface area is 307 Å². The summed E-state index contributed by atoms with van der Waals surface area (Å²) in [6.07, 6.45) is 9.28. The molecule has 0 amide bonds. The van der Waals surface area contributed by atoms with Crippen LogP contribution in [0.3, 0.4) is 0 Å². The minimum absolute atomic E-state index is 0.588. The Morgan fingerprint density at radius 3 is 0.840 bits per heavy atom. The molecule has 0 aromatic heterocycles. The summed E-state index contributed by atoms with van der Waals surface area (Å²) in [4.78, 5) is 4.30. The summed E-state index contributed by atoms with van der Waals surface area (Å²) in [6.45, 7) is 19.3. The molecule has 0 N–H and O–H groups in total. The molecule has 0 aliphatic heterocycles. The van der Waals surface area contributed by atoms with Crippen molar-refractivity contribution in [1.29, 1.82) is 0 Å². The number of benzene rings is 4. The average molecular weight is 699 g/mol. The van der Waals surface area contributed by atoms with Gasteiger partial charge in [-0.05, 0) is 68.7 Å². The van der Waals surface area contributed by atoms with Crippen LogP contribution in [-0.2, 0) is 0 Å². The van der Waals surface area contributed by atoms with Crippen LogP contribution in [-0.4, -0.2) is 44.3 Å². The third-order valence-corrected chi connectivity index (χ3v) is 22.8. The first-order valence-corrected chi connectivity index (χ1v) is 23.0. The van der Waals surface area contributed by atoms with E-state index in [1.54, 1.807) is 0 Å². The van der Waals surface area contributed by atoms with Gasteiger partial charge >= 0.3 is 0 Å². The van der Waals surface area contributed by atoms with E-state index in [1.165, 1.54) is 44.0 Å². The lowest BCUT2D eigenvalue weighted by atomic mass is 10.1. The van der Waals surface area contributed by atoms with Crippen LogP contribution in [0, 0.1) is 0 Å². The van der Waals surface area contributed by atoms with Gasteiger partial charge in [0.05, 0.1) is 0 Å². The van der Waals surface area contributed by atoms with E-state index < -0.39 is 16.1 Å². The molecule has 50 heavy (non-hydrogen) atoms. The SMILES string of the molecule is CC(C)[Si](/C=C/c1ccc(N(C)C)cc1)(c1ccc(/C=C/c2ccc([Si](/C=C/c3ccc(N(C)C)cc3)(C(C)C)C(C)C)cc2)cc1)C(C)C. The van der Waals surface area contributed by atoms with Gasteiger partial charge in [-0.3, -0.25) is 0 Å². The maximum atomic E-state index is 2.59. The molecule has 4 heteroatoms. The first-order chi connectivity index (χ1) is 23.7. The molecule has 0 fully saturated rings. The van der Waals surface area contributed by atoms with Crippen molar-refractivity contribution in [3.05, 3.63) is 131 Å². The van der Waals surface area contributed by atoms with E-state index in [4.69, 9.17) is 0 Å². The molecule has 4 aromatic rings. The first-order valence-electron chi connectivity index (χ1n) is 18.5. The Balaban J connectivity index is 1.56. The van der Waals surface area contributed by atoms with Crippen molar-refractivity contribution in [2.45, 2.75) is 77.6 Å². The van der Waals surface area contributed by atoms with Gasteiger partial charge in [-0.25, -0.2) is 0 Å². The molecule has 0 radical (unpaired) electrons. The predicted molar refractivity (Wildman–Crippen MR) is 233 cm³/mol. The lowest BCUT2D eigenvalue weighted by molar-refractivity contribution is 0.927. The van der Waals surface area contributed by atoms with Crippen LogP contribution in [0.15, 0.2) is 108 Å². The van der Waals surface area contributed by atoms with E-state index in [2.05, 4.69) is 226 Å². The molecule has 0 unspecified atom stereocenters. The molecule has 4 aromatic carbocycles. The molecule has 0 heterocycles. The quantitative estimate of drug-likeness (QED) is 0.0955. The Morgan fingerprint density at radius 2 is 0.600 bits per heavy atom. The molecular weight excluding hydrogens is 637 g/mol. The molecule has 0 aliphatic rings. The second-order valence-corrected chi connectivity index (χ2v) is 25.9. The van der Waals surface area contributed by atoms with Crippen molar-refractivity contribution in [3.63, 3.8) is 0 Å². The first kappa shape index (κ1) is 38.9. The smallest absolute Gasteiger partial charge is 0.115 e. The Kier molecular flexibility index (Phi) is 13.2. The van der Waals surface area contributed by atoms with Crippen LogP contribution in [0.2, 0.25) is 22.2 Å². The van der Waals surface area contributed by atoms with Gasteiger partial charge in [0.25, 0.3) is 0 Å². The lowest BCUT2D eigenvalue weighted by Gasteiger charge is -2.37. The Bertz CT molecular complexity index is 1580. The molecule has 0 saturated carbocycles. The van der Waals surface area contributed by atoms with Gasteiger partial charge in [0.2, 0.25) is 0 Å². The molecule has 4 rings (SSSR count). The van der Waals surface area contributed by atoms with E-state index >= 15 is 0 Å². The van der Waals surface area contributed by atoms with Crippen LogP contribution in [0.1, 0.15) is 77.6 Å². The normalized spacial score (nSPS) is 12.9. The van der Waals surface area contributed by atoms with Crippen LogP contribution in [0.4, 0.5) is 11.4 Å². The maximum absolute atomic E-state index is 2.59. The molecule has 0 spiro atoms. The maximum Gasteiger partial charge on any atom is 0.115 e. The lowest BCUT2D eigenvalue weighted by Crippen LogP contribution is -2.51. The standard InChI is InChI=1S/C46H62N2Si2/c1-35(2)49(36(3)4,33-31-41-15-23-43(24-16-41)47(9)10)45-27-19-39(20-28-45)13-14-40-21-29-46(30-22-40)50(37(5)6,38(7)8)34-32-42-17-25-44(26-18-42)48(11)12/h13-38H,1-12H3/b14-13+,33-31+,34-32+. The van der Waals surface area contributed by atoms with Crippen molar-refractivity contribution in [2.24, 2.45) is 0 Å². The van der Waals surface area contributed by atoms with Gasteiger partial charge in [0.1, 0.15) is 16.1 Å². The molecule has 0 saturated heterocycles. The zero-order valence-corrected chi connectivity index (χ0v) is 34.9. The summed E-state index contributed by atoms with van der Waals surface area (Å²) in [5, 5.41) is 3.02. The number of hydrogen-bond acceptors (Lipinski definition) is 2. The number of nitrogens with zero attached hydrogens (tertiary/aromatic N) is 2. The van der Waals surface area contributed by atoms with E-state index in [9.17, 15) is 0 Å². The summed E-state index contributed by atoms with van der Waals surface area (Å²) < 4.78 is 0. The summed E-state index contributed by atoms with van der Waals surface area (Å²) in [7, 11) is 4.46. The van der Waals surface area contributed by atoms with E-state index in [1.807, 2.05) is 0 Å². The summed E-state index contributed by atoms with van der Waals surface area (Å²) >= 11 is 0. The summed E-state index contributed by atoms with van der Waals surface area (Å²) in [6, 6.07) is 36.7. The van der Waals surface area contributed by atoms with E-state index in [-0.39, 0.29) is 0 Å². The molecule has 0 atom stereocenters. The second kappa shape index (κ2) is 16.9. The fraction of sp³-hybridized carbons (Fsp3) is 0.348. The van der Waals surface area contributed by atoms with Crippen molar-refractivity contribution < 1.29 is 0 Å². The van der Waals surface area contributed by atoms with Gasteiger partial charge in [-0.2, -0.15) is 0 Å². The monoisotopic (exact) mass is 698 g/mol. The fourth-order valence-corrected chi connectivity index (χ4v) is 17.5. The average Bonchev–Trinajstić information content (AvgIpc) is 3.08.